The maximum Gasteiger partial charge on any atom is 0.398 e. The van der Waals surface area contributed by atoms with Gasteiger partial charge in [-0.15, -0.1) is 11.8 Å². The maximum atomic E-state index is 12.5. The standard InChI is InChI=1S/C17H16F3NO4S2/c18-17(19,20)11-26-15-4-2-1-3-14(15)21-27(24,25)13-8-5-12(6-9-13)7-10-16(22)23/h1-6,8-9,21H,7,10-11H2,(H,22,23). The van der Waals surface area contributed by atoms with Gasteiger partial charge in [0.2, 0.25) is 0 Å². The number of aliphatic carboxylic acids is 1. The normalized spacial score (nSPS) is 12.0. The van der Waals surface area contributed by atoms with Gasteiger partial charge in [0.15, 0.2) is 0 Å². The molecule has 0 aliphatic heterocycles. The maximum absolute atomic E-state index is 12.5. The quantitative estimate of drug-likeness (QED) is 0.628. The first kappa shape index (κ1) is 21.1. The fourth-order valence-electron chi connectivity index (χ4n) is 2.13. The second-order valence-electron chi connectivity index (χ2n) is 5.54. The van der Waals surface area contributed by atoms with Crippen molar-refractivity contribution in [2.45, 2.75) is 28.8 Å². The molecule has 0 atom stereocenters. The number of rotatable bonds is 8. The lowest BCUT2D eigenvalue weighted by molar-refractivity contribution is -0.137. The van der Waals surface area contributed by atoms with Crippen LogP contribution in [0.15, 0.2) is 58.3 Å². The molecule has 0 heterocycles. The minimum absolute atomic E-state index is 0.0571. The molecule has 0 amide bonds. The van der Waals surface area contributed by atoms with Crippen molar-refractivity contribution in [1.82, 2.24) is 0 Å². The summed E-state index contributed by atoms with van der Waals surface area (Å²) in [6.07, 6.45) is -4.18. The molecule has 0 bridgehead atoms. The van der Waals surface area contributed by atoms with Crippen molar-refractivity contribution >= 4 is 33.4 Å². The molecule has 0 radical (unpaired) electrons. The molecule has 27 heavy (non-hydrogen) atoms. The van der Waals surface area contributed by atoms with E-state index in [1.165, 1.54) is 48.5 Å². The molecule has 0 fully saturated rings. The number of aryl methyl sites for hydroxylation is 1. The Labute approximate surface area is 158 Å². The minimum atomic E-state index is -4.37. The van der Waals surface area contributed by atoms with E-state index in [4.69, 9.17) is 5.11 Å². The number of thioether (sulfide) groups is 1. The number of hydrogen-bond donors (Lipinski definition) is 2. The zero-order valence-corrected chi connectivity index (χ0v) is 15.5. The van der Waals surface area contributed by atoms with Crippen LogP contribution in [-0.2, 0) is 21.2 Å². The summed E-state index contributed by atoms with van der Waals surface area (Å²) in [5, 5.41) is 8.66. The van der Waals surface area contributed by atoms with Gasteiger partial charge < -0.3 is 5.11 Å². The van der Waals surface area contributed by atoms with Crippen LogP contribution in [0.25, 0.3) is 0 Å². The van der Waals surface area contributed by atoms with Crippen molar-refractivity contribution in [2.24, 2.45) is 0 Å². The number of nitrogens with one attached hydrogen (secondary N) is 1. The van der Waals surface area contributed by atoms with Crippen LogP contribution in [0, 0.1) is 0 Å². The molecular weight excluding hydrogens is 403 g/mol. The highest BCUT2D eigenvalue weighted by Gasteiger charge is 2.28. The molecule has 146 valence electrons. The van der Waals surface area contributed by atoms with Gasteiger partial charge in [0.05, 0.1) is 16.3 Å². The third kappa shape index (κ3) is 6.79. The predicted molar refractivity (Wildman–Crippen MR) is 96.4 cm³/mol. The molecule has 2 N–H and O–H groups in total. The highest BCUT2D eigenvalue weighted by Crippen LogP contribution is 2.33. The van der Waals surface area contributed by atoms with Gasteiger partial charge in [-0.25, -0.2) is 8.42 Å². The van der Waals surface area contributed by atoms with E-state index in [1.807, 2.05) is 0 Å². The SMILES string of the molecule is O=C(O)CCc1ccc(S(=O)(=O)Nc2ccccc2SCC(F)(F)F)cc1. The van der Waals surface area contributed by atoms with Gasteiger partial charge in [0.25, 0.3) is 10.0 Å². The van der Waals surface area contributed by atoms with E-state index in [-0.39, 0.29) is 28.3 Å². The zero-order chi connectivity index (χ0) is 20.1. The van der Waals surface area contributed by atoms with Gasteiger partial charge in [-0.3, -0.25) is 9.52 Å². The molecule has 2 aromatic rings. The molecule has 0 aliphatic carbocycles. The number of alkyl halides is 3. The molecule has 2 aromatic carbocycles. The van der Waals surface area contributed by atoms with Crippen LogP contribution < -0.4 is 4.72 Å². The van der Waals surface area contributed by atoms with Gasteiger partial charge in [0.1, 0.15) is 0 Å². The summed E-state index contributed by atoms with van der Waals surface area (Å²) in [5.41, 5.74) is 0.721. The van der Waals surface area contributed by atoms with Crippen LogP contribution >= 0.6 is 11.8 Å². The minimum Gasteiger partial charge on any atom is -0.481 e. The number of carboxylic acids is 1. The van der Waals surface area contributed by atoms with E-state index >= 15 is 0 Å². The second kappa shape index (κ2) is 8.66. The second-order valence-corrected chi connectivity index (χ2v) is 8.24. The first-order chi connectivity index (χ1) is 12.6. The summed E-state index contributed by atoms with van der Waals surface area (Å²) in [4.78, 5) is 10.7. The zero-order valence-electron chi connectivity index (χ0n) is 13.9. The third-order valence-electron chi connectivity index (χ3n) is 3.38. The Morgan fingerprint density at radius 2 is 1.70 bits per heavy atom. The predicted octanol–water partition coefficient (Wildman–Crippen LogP) is 4.16. The first-order valence-electron chi connectivity index (χ1n) is 7.69. The van der Waals surface area contributed by atoms with Crippen molar-refractivity contribution in [3.63, 3.8) is 0 Å². The Hall–Kier alpha value is -2.20. The van der Waals surface area contributed by atoms with E-state index in [0.29, 0.717) is 17.3 Å². The van der Waals surface area contributed by atoms with Crippen LogP contribution in [0.1, 0.15) is 12.0 Å². The van der Waals surface area contributed by atoms with Gasteiger partial charge in [-0.2, -0.15) is 13.2 Å². The number of hydrogen-bond acceptors (Lipinski definition) is 4. The Balaban J connectivity index is 2.15. The lowest BCUT2D eigenvalue weighted by atomic mass is 10.1. The summed E-state index contributed by atoms with van der Waals surface area (Å²) < 4.78 is 64.6. The number of carboxylic acid groups (broad SMARTS) is 1. The smallest absolute Gasteiger partial charge is 0.398 e. The van der Waals surface area contributed by atoms with Crippen molar-refractivity contribution in [3.8, 4) is 0 Å². The molecule has 0 saturated heterocycles. The molecule has 0 saturated carbocycles. The molecule has 0 aliphatic rings. The lowest BCUT2D eigenvalue weighted by Crippen LogP contribution is -2.14. The number of para-hydroxylation sites is 1. The molecule has 2 rings (SSSR count). The highest BCUT2D eigenvalue weighted by atomic mass is 32.2. The Bertz CT molecular complexity index is 897. The average molecular weight is 419 g/mol. The molecule has 0 unspecified atom stereocenters. The molecule has 0 spiro atoms. The number of halogens is 3. The number of carbonyl (C=O) groups is 1. The molecule has 0 aromatic heterocycles. The summed E-state index contributed by atoms with van der Waals surface area (Å²) in [7, 11) is -4.00. The summed E-state index contributed by atoms with van der Waals surface area (Å²) in [6, 6.07) is 11.5. The summed E-state index contributed by atoms with van der Waals surface area (Å²) >= 11 is 0.494. The van der Waals surface area contributed by atoms with E-state index in [9.17, 15) is 26.4 Å². The van der Waals surface area contributed by atoms with Crippen LogP contribution in [-0.4, -0.2) is 31.4 Å². The molecule has 5 nitrogen and oxygen atoms in total. The van der Waals surface area contributed by atoms with E-state index in [2.05, 4.69) is 4.72 Å². The first-order valence-corrected chi connectivity index (χ1v) is 10.2. The van der Waals surface area contributed by atoms with Gasteiger partial charge in [0, 0.05) is 11.3 Å². The molecule has 10 heteroatoms. The van der Waals surface area contributed by atoms with Crippen molar-refractivity contribution in [1.29, 1.82) is 0 Å². The van der Waals surface area contributed by atoms with Gasteiger partial charge in [-0.05, 0) is 36.2 Å². The van der Waals surface area contributed by atoms with Crippen molar-refractivity contribution in [2.75, 3.05) is 10.5 Å². The van der Waals surface area contributed by atoms with Crippen LogP contribution in [0.3, 0.4) is 0 Å². The van der Waals surface area contributed by atoms with E-state index in [1.54, 1.807) is 0 Å². The molecular formula is C17H16F3NO4S2. The lowest BCUT2D eigenvalue weighted by Gasteiger charge is -2.13. The number of benzene rings is 2. The summed E-state index contributed by atoms with van der Waals surface area (Å²) in [5.74, 6) is -2.09. The van der Waals surface area contributed by atoms with Gasteiger partial charge >= 0.3 is 12.1 Å². The van der Waals surface area contributed by atoms with E-state index < -0.39 is 27.9 Å². The Kier molecular flexibility index (Phi) is 6.77. The third-order valence-corrected chi connectivity index (χ3v) is 5.90. The van der Waals surface area contributed by atoms with Crippen molar-refractivity contribution < 1.29 is 31.5 Å². The average Bonchev–Trinajstić information content (AvgIpc) is 2.58. The van der Waals surface area contributed by atoms with Crippen molar-refractivity contribution in [3.05, 3.63) is 54.1 Å². The largest absolute Gasteiger partial charge is 0.481 e. The van der Waals surface area contributed by atoms with Crippen LogP contribution in [0.5, 0.6) is 0 Å². The monoisotopic (exact) mass is 419 g/mol. The fourth-order valence-corrected chi connectivity index (χ4v) is 4.04. The highest BCUT2D eigenvalue weighted by molar-refractivity contribution is 7.99. The van der Waals surface area contributed by atoms with E-state index in [0.717, 1.165) is 0 Å². The summed E-state index contributed by atoms with van der Waals surface area (Å²) in [6.45, 7) is 0. The van der Waals surface area contributed by atoms with Crippen LogP contribution in [0.4, 0.5) is 18.9 Å². The number of anilines is 1. The Morgan fingerprint density at radius 1 is 1.07 bits per heavy atom. The topological polar surface area (TPSA) is 83.5 Å². The van der Waals surface area contributed by atoms with Gasteiger partial charge in [-0.1, -0.05) is 24.3 Å². The fraction of sp³-hybridized carbons (Fsp3) is 0.235. The number of sulfonamides is 1. The Morgan fingerprint density at radius 3 is 2.30 bits per heavy atom. The van der Waals surface area contributed by atoms with Crippen LogP contribution in [0.2, 0.25) is 0 Å².